The van der Waals surface area contributed by atoms with Crippen LogP contribution in [-0.4, -0.2) is 50.7 Å². The van der Waals surface area contributed by atoms with Crippen molar-refractivity contribution in [2.75, 3.05) is 6.61 Å². The lowest BCUT2D eigenvalue weighted by atomic mass is 10.1. The number of hydrogen-bond donors (Lipinski definition) is 3. The molecule has 1 unspecified atom stereocenters. The number of aldehydes is 1. The average molecular weight is 476 g/mol. The summed E-state index contributed by atoms with van der Waals surface area (Å²) in [5.74, 6) is -3.82. The van der Waals surface area contributed by atoms with Crippen LogP contribution in [0.3, 0.4) is 0 Å². The van der Waals surface area contributed by atoms with Crippen molar-refractivity contribution in [1.29, 1.82) is 0 Å². The molecular formula is C17H15F2N2O10P. The summed E-state index contributed by atoms with van der Waals surface area (Å²) in [5.41, 5.74) is -2.47. The van der Waals surface area contributed by atoms with Crippen molar-refractivity contribution in [2.24, 2.45) is 0 Å². The fourth-order valence-electron chi connectivity index (χ4n) is 3.14. The number of carbonyl (C=O) groups is 1. The monoisotopic (exact) mass is 476 g/mol. The van der Waals surface area contributed by atoms with Crippen LogP contribution >= 0.6 is 7.82 Å². The summed E-state index contributed by atoms with van der Waals surface area (Å²) in [4.78, 5) is 36.2. The molecule has 3 N–H and O–H groups in total. The average Bonchev–Trinajstić information content (AvgIpc) is 2.97. The largest absolute Gasteiger partial charge is 0.530 e. The molecule has 1 saturated heterocycles. The van der Waals surface area contributed by atoms with Crippen molar-refractivity contribution in [3.05, 3.63) is 62.2 Å². The number of phosphoric ester groups is 1. The second-order valence-corrected chi connectivity index (χ2v) is 8.53. The maximum atomic E-state index is 15.3. The maximum Gasteiger partial charge on any atom is 0.530 e. The summed E-state index contributed by atoms with van der Waals surface area (Å²) in [7, 11) is -4.42. The van der Waals surface area contributed by atoms with Crippen LogP contribution < -0.4 is 15.8 Å². The molecule has 3 heterocycles. The van der Waals surface area contributed by atoms with Gasteiger partial charge in [0.2, 0.25) is 0 Å². The van der Waals surface area contributed by atoms with Gasteiger partial charge in [-0.05, 0) is 18.2 Å². The summed E-state index contributed by atoms with van der Waals surface area (Å²) in [6, 6.07) is 3.28. The number of phosphoric acid groups is 1. The summed E-state index contributed by atoms with van der Waals surface area (Å²) in [6.45, 7) is -1.65. The van der Waals surface area contributed by atoms with E-state index in [2.05, 4.69) is 0 Å². The minimum absolute atomic E-state index is 0.0270. The fraction of sp³-hybridized carbons (Fsp3) is 0.353. The van der Waals surface area contributed by atoms with E-state index in [1.54, 1.807) is 4.98 Å². The van der Waals surface area contributed by atoms with Gasteiger partial charge in [0.1, 0.15) is 30.4 Å². The highest BCUT2D eigenvalue weighted by Gasteiger charge is 2.57. The Kier molecular flexibility index (Phi) is 5.61. The van der Waals surface area contributed by atoms with E-state index < -0.39 is 61.3 Å². The topological polar surface area (TPSA) is 166 Å². The van der Waals surface area contributed by atoms with Gasteiger partial charge in [0.25, 0.3) is 11.4 Å². The number of fused-ring (bicyclic) bond motifs is 1. The predicted molar refractivity (Wildman–Crippen MR) is 98.1 cm³/mol. The number of halogens is 2. The quantitative estimate of drug-likeness (QED) is 0.399. The molecule has 172 valence electrons. The Balaban J connectivity index is 1.53. The Hall–Kier alpha value is -2.74. The molecule has 0 saturated carbocycles. The molecule has 2 aromatic rings. The molecule has 4 rings (SSSR count). The van der Waals surface area contributed by atoms with Crippen LogP contribution in [0.4, 0.5) is 8.78 Å². The van der Waals surface area contributed by atoms with E-state index >= 15 is 4.39 Å². The SMILES string of the molecule is O=Cc1cn([C@@H]2O[C@](F)(COP3(=O)OCc4cc(F)ccc4O3)[C@@H](O)[C@H]2O)c(=O)[nH]c1=O. The van der Waals surface area contributed by atoms with Gasteiger partial charge in [-0.2, -0.15) is 0 Å². The number of hydrogen-bond acceptors (Lipinski definition) is 10. The number of alkyl halides is 1. The molecule has 0 amide bonds. The second-order valence-electron chi connectivity index (χ2n) is 6.94. The van der Waals surface area contributed by atoms with Crippen molar-refractivity contribution in [1.82, 2.24) is 9.55 Å². The number of rotatable bonds is 5. The van der Waals surface area contributed by atoms with Gasteiger partial charge in [-0.25, -0.2) is 18.1 Å². The minimum atomic E-state index is -4.42. The predicted octanol–water partition coefficient (Wildman–Crippen LogP) is 0.139. The third-order valence-electron chi connectivity index (χ3n) is 4.80. The van der Waals surface area contributed by atoms with Crippen molar-refractivity contribution >= 4 is 14.1 Å². The van der Waals surface area contributed by atoms with E-state index in [0.29, 0.717) is 10.8 Å². The fourth-order valence-corrected chi connectivity index (χ4v) is 4.37. The minimum Gasteiger partial charge on any atom is -0.404 e. The Morgan fingerprint density at radius 1 is 1.38 bits per heavy atom. The van der Waals surface area contributed by atoms with E-state index in [9.17, 15) is 33.6 Å². The van der Waals surface area contributed by atoms with E-state index in [4.69, 9.17) is 18.3 Å². The number of aliphatic hydroxyl groups excluding tert-OH is 2. The summed E-state index contributed by atoms with van der Waals surface area (Å²) in [5, 5.41) is 20.3. The Bertz CT molecular complexity index is 1230. The van der Waals surface area contributed by atoms with Gasteiger partial charge in [0.15, 0.2) is 12.5 Å². The van der Waals surface area contributed by atoms with Crippen LogP contribution in [0.2, 0.25) is 0 Å². The van der Waals surface area contributed by atoms with E-state index in [0.717, 1.165) is 12.1 Å². The van der Waals surface area contributed by atoms with Crippen LogP contribution in [0.5, 0.6) is 5.75 Å². The number of benzene rings is 1. The first kappa shape index (κ1) is 22.5. The lowest BCUT2D eigenvalue weighted by molar-refractivity contribution is -0.205. The molecule has 0 aliphatic carbocycles. The summed E-state index contributed by atoms with van der Waals surface area (Å²) in [6.07, 6.45) is -5.40. The van der Waals surface area contributed by atoms with Gasteiger partial charge in [-0.1, -0.05) is 0 Å². The highest BCUT2D eigenvalue weighted by atomic mass is 31.2. The molecule has 1 aromatic carbocycles. The molecule has 0 spiro atoms. The zero-order valence-electron chi connectivity index (χ0n) is 15.8. The normalized spacial score (nSPS) is 31.7. The molecule has 2 aliphatic rings. The third kappa shape index (κ3) is 3.92. The smallest absolute Gasteiger partial charge is 0.404 e. The zero-order valence-corrected chi connectivity index (χ0v) is 16.7. The molecule has 1 aromatic heterocycles. The van der Waals surface area contributed by atoms with Gasteiger partial charge in [0, 0.05) is 11.8 Å². The number of H-pyrrole nitrogens is 1. The molecule has 0 bridgehead atoms. The number of nitrogens with one attached hydrogen (secondary N) is 1. The highest BCUT2D eigenvalue weighted by Crippen LogP contribution is 2.55. The van der Waals surface area contributed by atoms with Crippen molar-refractivity contribution in [2.45, 2.75) is 30.9 Å². The van der Waals surface area contributed by atoms with Crippen LogP contribution in [-0.2, 0) is 25.0 Å². The Labute approximate surface area is 176 Å². The van der Waals surface area contributed by atoms with E-state index in [1.807, 2.05) is 0 Å². The van der Waals surface area contributed by atoms with Gasteiger partial charge < -0.3 is 19.5 Å². The molecule has 1 fully saturated rings. The number of ether oxygens (including phenoxy) is 1. The Morgan fingerprint density at radius 2 is 2.12 bits per heavy atom. The number of carbonyl (C=O) groups excluding carboxylic acids is 1. The summed E-state index contributed by atoms with van der Waals surface area (Å²) >= 11 is 0. The number of nitrogens with zero attached hydrogens (tertiary/aromatic N) is 1. The molecular weight excluding hydrogens is 461 g/mol. The summed E-state index contributed by atoms with van der Waals surface area (Å²) < 4.78 is 61.5. The van der Waals surface area contributed by atoms with Gasteiger partial charge in [0.05, 0.1) is 12.2 Å². The van der Waals surface area contributed by atoms with Crippen molar-refractivity contribution < 1.29 is 46.7 Å². The molecule has 2 aliphatic heterocycles. The Morgan fingerprint density at radius 3 is 2.84 bits per heavy atom. The molecule has 0 radical (unpaired) electrons. The van der Waals surface area contributed by atoms with Crippen molar-refractivity contribution in [3.8, 4) is 5.75 Å². The van der Waals surface area contributed by atoms with Gasteiger partial charge >= 0.3 is 13.5 Å². The van der Waals surface area contributed by atoms with Crippen molar-refractivity contribution in [3.63, 3.8) is 0 Å². The van der Waals surface area contributed by atoms with E-state index in [-0.39, 0.29) is 24.2 Å². The second kappa shape index (κ2) is 7.99. The van der Waals surface area contributed by atoms with Crippen LogP contribution in [0.1, 0.15) is 22.1 Å². The molecule has 12 nitrogen and oxygen atoms in total. The highest BCUT2D eigenvalue weighted by molar-refractivity contribution is 7.49. The molecule has 32 heavy (non-hydrogen) atoms. The lowest BCUT2D eigenvalue weighted by Crippen LogP contribution is -2.43. The van der Waals surface area contributed by atoms with Crippen LogP contribution in [0, 0.1) is 5.82 Å². The lowest BCUT2D eigenvalue weighted by Gasteiger charge is -2.28. The zero-order chi connectivity index (χ0) is 23.3. The number of aromatic amines is 1. The standard InChI is InChI=1S/C17H15F2N2O10P/c18-10-1-2-11-8(3-10)6-28-32(27,31-11)29-7-17(19)13(24)12(23)15(30-17)21-4-9(5-22)14(25)20-16(21)26/h1-5,12-13,15,23-24H,6-7H2,(H,20,25,26)/t12-,13+,15-,17-,32?/m1/s1. The molecule has 5 atom stereocenters. The van der Waals surface area contributed by atoms with Gasteiger partial charge in [-0.3, -0.25) is 28.2 Å². The maximum absolute atomic E-state index is 15.3. The number of aromatic nitrogens is 2. The molecule has 15 heteroatoms. The van der Waals surface area contributed by atoms with Crippen LogP contribution in [0.25, 0.3) is 0 Å². The first-order valence-electron chi connectivity index (χ1n) is 8.96. The first-order valence-corrected chi connectivity index (χ1v) is 10.4. The first-order chi connectivity index (χ1) is 15.0. The van der Waals surface area contributed by atoms with E-state index in [1.165, 1.54) is 6.07 Å². The number of aliphatic hydroxyl groups is 2. The van der Waals surface area contributed by atoms with Crippen LogP contribution in [0.15, 0.2) is 34.0 Å². The third-order valence-corrected chi connectivity index (χ3v) is 6.11. The van der Waals surface area contributed by atoms with Gasteiger partial charge in [-0.15, -0.1) is 0 Å².